The number of rotatable bonds is 1. The number of anilines is 1. The first-order valence-electron chi connectivity index (χ1n) is 4.57. The van der Waals surface area contributed by atoms with Gasteiger partial charge in [-0.1, -0.05) is 0 Å². The summed E-state index contributed by atoms with van der Waals surface area (Å²) in [6.45, 7) is 0.746. The van der Waals surface area contributed by atoms with Crippen LogP contribution in [0, 0.1) is 0 Å². The van der Waals surface area contributed by atoms with Gasteiger partial charge in [-0.15, -0.1) is 0 Å². The number of hydrogen-bond donors (Lipinski definition) is 2. The van der Waals surface area contributed by atoms with Crippen LogP contribution in [0.4, 0.5) is 11.4 Å². The molecule has 0 fully saturated rings. The average Bonchev–Trinajstić information content (AvgIpc) is 2.17. The van der Waals surface area contributed by atoms with Crippen molar-refractivity contribution in [3.05, 3.63) is 16.9 Å². The summed E-state index contributed by atoms with van der Waals surface area (Å²) in [5.41, 5.74) is 7.80. The molecule has 2 heterocycles. The molecule has 0 unspecified atom stereocenters. The summed E-state index contributed by atoms with van der Waals surface area (Å²) in [4.78, 5) is 10.7. The third kappa shape index (κ3) is 1.95. The number of fused-ring (bicyclic) bond motifs is 1. The average molecular weight is 270 g/mol. The second-order valence-electron chi connectivity index (χ2n) is 3.28. The third-order valence-electron chi connectivity index (χ3n) is 2.15. The van der Waals surface area contributed by atoms with Crippen molar-refractivity contribution in [3.63, 3.8) is 0 Å². The molecule has 0 radical (unpaired) electrons. The van der Waals surface area contributed by atoms with Gasteiger partial charge in [0, 0.05) is 20.3 Å². The maximum Gasteiger partial charge on any atom is 0.136 e. The van der Waals surface area contributed by atoms with E-state index in [0.717, 1.165) is 28.2 Å². The number of nitrogens with zero attached hydrogens (tertiary/aromatic N) is 3. The minimum Gasteiger partial charge on any atom is -0.364 e. The summed E-state index contributed by atoms with van der Waals surface area (Å²) >= 11 is 3.47. The fourth-order valence-corrected chi connectivity index (χ4v) is 2.20. The standard InChI is InChI=1S/C9H12BrN5/c1-11-14-8-5-15(2)9-6(10)3-12-4-7(9)13-8/h3-4,11H,5H2,1-2H3,(H,13,14). The molecule has 2 N–H and O–H groups in total. The first-order chi connectivity index (χ1) is 7.22. The molecule has 0 atom stereocenters. The highest BCUT2D eigenvalue weighted by Gasteiger charge is 2.18. The Labute approximate surface area is 96.7 Å². The molecule has 0 bridgehead atoms. The SMILES string of the molecule is CNNC1=Nc2cncc(Br)c2N(C)C1. The fraction of sp³-hybridized carbons (Fsp3) is 0.333. The van der Waals surface area contributed by atoms with E-state index in [-0.39, 0.29) is 0 Å². The highest BCUT2D eigenvalue weighted by Crippen LogP contribution is 2.36. The van der Waals surface area contributed by atoms with Gasteiger partial charge in [-0.05, 0) is 15.9 Å². The molecule has 0 saturated carbocycles. The quantitative estimate of drug-likeness (QED) is 0.749. The van der Waals surface area contributed by atoms with E-state index in [0.29, 0.717) is 0 Å². The lowest BCUT2D eigenvalue weighted by Crippen LogP contribution is -2.42. The molecule has 5 nitrogen and oxygen atoms in total. The number of aromatic nitrogens is 1. The van der Waals surface area contributed by atoms with Gasteiger partial charge in [0.25, 0.3) is 0 Å². The summed E-state index contributed by atoms with van der Waals surface area (Å²) in [5.74, 6) is 0.882. The van der Waals surface area contributed by atoms with E-state index < -0.39 is 0 Å². The van der Waals surface area contributed by atoms with Crippen LogP contribution in [0.15, 0.2) is 21.9 Å². The fourth-order valence-electron chi connectivity index (χ4n) is 1.57. The Kier molecular flexibility index (Phi) is 2.88. The van der Waals surface area contributed by atoms with Crippen LogP contribution in [0.3, 0.4) is 0 Å². The second kappa shape index (κ2) is 4.16. The van der Waals surface area contributed by atoms with Crippen molar-refractivity contribution in [2.45, 2.75) is 0 Å². The molecule has 0 amide bonds. The zero-order valence-corrected chi connectivity index (χ0v) is 10.2. The molecule has 80 valence electrons. The van der Waals surface area contributed by atoms with E-state index >= 15 is 0 Å². The predicted molar refractivity (Wildman–Crippen MR) is 64.5 cm³/mol. The topological polar surface area (TPSA) is 52.6 Å². The molecule has 15 heavy (non-hydrogen) atoms. The molecule has 0 aliphatic carbocycles. The van der Waals surface area contributed by atoms with E-state index in [1.54, 1.807) is 12.4 Å². The Morgan fingerprint density at radius 2 is 2.27 bits per heavy atom. The van der Waals surface area contributed by atoms with E-state index in [1.165, 1.54) is 0 Å². The number of likely N-dealkylation sites (N-methyl/N-ethyl adjacent to an activating group) is 1. The molecule has 1 aliphatic heterocycles. The smallest absolute Gasteiger partial charge is 0.136 e. The number of amidine groups is 1. The van der Waals surface area contributed by atoms with Crippen molar-refractivity contribution in [2.75, 3.05) is 25.5 Å². The maximum absolute atomic E-state index is 4.46. The molecule has 1 aliphatic rings. The Balaban J connectivity index is 2.43. The van der Waals surface area contributed by atoms with Crippen LogP contribution in [0.25, 0.3) is 0 Å². The molecule has 1 aromatic heterocycles. The molecule has 0 saturated heterocycles. The Morgan fingerprint density at radius 1 is 1.47 bits per heavy atom. The minimum atomic E-state index is 0.746. The number of hydrogen-bond acceptors (Lipinski definition) is 5. The maximum atomic E-state index is 4.46. The summed E-state index contributed by atoms with van der Waals surface area (Å²) in [5, 5.41) is 0. The summed E-state index contributed by atoms with van der Waals surface area (Å²) < 4.78 is 0.967. The van der Waals surface area contributed by atoms with E-state index in [2.05, 4.69) is 41.7 Å². The van der Waals surface area contributed by atoms with Gasteiger partial charge in [0.05, 0.1) is 22.9 Å². The van der Waals surface area contributed by atoms with Gasteiger partial charge in [-0.25, -0.2) is 10.4 Å². The van der Waals surface area contributed by atoms with Gasteiger partial charge < -0.3 is 10.3 Å². The molecule has 0 aromatic carbocycles. The van der Waals surface area contributed by atoms with Gasteiger partial charge >= 0.3 is 0 Å². The molecule has 6 heteroatoms. The van der Waals surface area contributed by atoms with Crippen molar-refractivity contribution in [1.29, 1.82) is 0 Å². The molecular formula is C9H12BrN5. The first kappa shape index (κ1) is 10.4. The molecule has 2 rings (SSSR count). The monoisotopic (exact) mass is 269 g/mol. The van der Waals surface area contributed by atoms with Gasteiger partial charge in [-0.2, -0.15) is 0 Å². The van der Waals surface area contributed by atoms with E-state index in [4.69, 9.17) is 0 Å². The van der Waals surface area contributed by atoms with Gasteiger partial charge in [-0.3, -0.25) is 4.98 Å². The second-order valence-corrected chi connectivity index (χ2v) is 4.13. The van der Waals surface area contributed by atoms with Crippen LogP contribution in [0.5, 0.6) is 0 Å². The van der Waals surface area contributed by atoms with Crippen LogP contribution in [-0.2, 0) is 0 Å². The van der Waals surface area contributed by atoms with Crippen molar-refractivity contribution < 1.29 is 0 Å². The Morgan fingerprint density at radius 3 is 3.00 bits per heavy atom. The summed E-state index contributed by atoms with van der Waals surface area (Å²) in [6, 6.07) is 0. The van der Waals surface area contributed by atoms with Crippen molar-refractivity contribution in [3.8, 4) is 0 Å². The van der Waals surface area contributed by atoms with Crippen LogP contribution in [0.1, 0.15) is 0 Å². The first-order valence-corrected chi connectivity index (χ1v) is 5.36. The normalized spacial score (nSPS) is 14.6. The zero-order valence-electron chi connectivity index (χ0n) is 8.58. The highest BCUT2D eigenvalue weighted by molar-refractivity contribution is 9.10. The van der Waals surface area contributed by atoms with Crippen LogP contribution in [-0.4, -0.2) is 31.5 Å². The van der Waals surface area contributed by atoms with Crippen molar-refractivity contribution >= 4 is 33.1 Å². The zero-order chi connectivity index (χ0) is 10.8. The van der Waals surface area contributed by atoms with Gasteiger partial charge in [0.1, 0.15) is 11.5 Å². The largest absolute Gasteiger partial charge is 0.364 e. The lowest BCUT2D eigenvalue weighted by Gasteiger charge is -2.27. The van der Waals surface area contributed by atoms with Gasteiger partial charge in [0.2, 0.25) is 0 Å². The molecule has 1 aromatic rings. The number of aliphatic imine (C=N–C) groups is 1. The summed E-state index contributed by atoms with van der Waals surface area (Å²) in [7, 11) is 3.84. The highest BCUT2D eigenvalue weighted by atomic mass is 79.9. The van der Waals surface area contributed by atoms with Crippen LogP contribution >= 0.6 is 15.9 Å². The summed E-state index contributed by atoms with van der Waals surface area (Å²) in [6.07, 6.45) is 3.54. The van der Waals surface area contributed by atoms with Gasteiger partial charge in [0.15, 0.2) is 0 Å². The van der Waals surface area contributed by atoms with Crippen molar-refractivity contribution in [2.24, 2.45) is 4.99 Å². The predicted octanol–water partition coefficient (Wildman–Crippen LogP) is 1.05. The van der Waals surface area contributed by atoms with Crippen LogP contribution < -0.4 is 15.8 Å². The Hall–Kier alpha value is -1.14. The molecular weight excluding hydrogens is 258 g/mol. The number of hydrazine groups is 1. The minimum absolute atomic E-state index is 0.746. The molecule has 0 spiro atoms. The lowest BCUT2D eigenvalue weighted by molar-refractivity contribution is 0.751. The number of nitrogens with one attached hydrogen (secondary N) is 2. The third-order valence-corrected chi connectivity index (χ3v) is 2.73. The van der Waals surface area contributed by atoms with Crippen molar-refractivity contribution in [1.82, 2.24) is 15.8 Å². The lowest BCUT2D eigenvalue weighted by atomic mass is 10.2. The van der Waals surface area contributed by atoms with E-state index in [1.807, 2.05) is 14.1 Å². The van der Waals surface area contributed by atoms with Crippen LogP contribution in [0.2, 0.25) is 0 Å². The number of halogens is 1. The van der Waals surface area contributed by atoms with E-state index in [9.17, 15) is 0 Å². The Bertz CT molecular complexity index is 403. The number of pyridine rings is 1.